The first-order valence-electron chi connectivity index (χ1n) is 2.45. The van der Waals surface area contributed by atoms with Crippen LogP contribution in [-0.2, 0) is 0 Å². The Labute approximate surface area is 65.8 Å². The highest BCUT2D eigenvalue weighted by molar-refractivity contribution is 14.1. The number of halogens is 1. The molecule has 0 aliphatic carbocycles. The van der Waals surface area contributed by atoms with Crippen molar-refractivity contribution in [3.05, 3.63) is 12.2 Å². The van der Waals surface area contributed by atoms with Gasteiger partial charge in [-0.15, -0.1) is 10.2 Å². The van der Waals surface area contributed by atoms with Gasteiger partial charge in [-0.2, -0.15) is 0 Å². The number of rotatable bonds is 2. The molecule has 0 saturated heterocycles. The van der Waals surface area contributed by atoms with E-state index < -0.39 is 0 Å². The van der Waals surface area contributed by atoms with Gasteiger partial charge >= 0.3 is 0 Å². The Morgan fingerprint density at radius 2 is 2.67 bits per heavy atom. The van der Waals surface area contributed by atoms with E-state index in [-0.39, 0.29) is 10.5 Å². The third kappa shape index (κ3) is 1.62. The fourth-order valence-electron chi connectivity index (χ4n) is 0.454. The van der Waals surface area contributed by atoms with E-state index >= 15 is 0 Å². The first kappa shape index (κ1) is 6.94. The van der Waals surface area contributed by atoms with Crippen LogP contribution in [0.2, 0.25) is 0 Å². The largest absolute Gasteiger partial charge is 0.395 e. The minimum Gasteiger partial charge on any atom is -0.395 e. The molecule has 2 N–H and O–H groups in total. The van der Waals surface area contributed by atoms with E-state index in [0.29, 0.717) is 0 Å². The van der Waals surface area contributed by atoms with E-state index in [2.05, 4.69) is 37.8 Å². The Hall–Kier alpha value is -0.170. The van der Waals surface area contributed by atoms with E-state index in [9.17, 15) is 0 Å². The number of hydrogen-bond acceptors (Lipinski definition) is 3. The van der Waals surface area contributed by atoms with Crippen LogP contribution in [0.25, 0.3) is 0 Å². The minimum atomic E-state index is 0.0325. The molecule has 0 bridgehead atoms. The summed E-state index contributed by atoms with van der Waals surface area (Å²) in [6.07, 6.45) is 1.50. The van der Waals surface area contributed by atoms with Crippen LogP contribution < -0.4 is 0 Å². The molecular formula is C4H6IN3O. The predicted molar refractivity (Wildman–Crippen MR) is 40.2 cm³/mol. The van der Waals surface area contributed by atoms with Crippen LogP contribution in [0.3, 0.4) is 0 Å². The molecule has 0 aliphatic rings. The van der Waals surface area contributed by atoms with E-state index in [4.69, 9.17) is 5.11 Å². The van der Waals surface area contributed by atoms with Gasteiger partial charge in [-0.25, -0.2) is 0 Å². The number of alkyl halides is 1. The molecule has 1 aromatic rings. The number of nitrogens with one attached hydrogen (secondary N) is 1. The van der Waals surface area contributed by atoms with E-state index in [1.807, 2.05) is 0 Å². The molecule has 0 spiro atoms. The molecule has 4 nitrogen and oxygen atoms in total. The summed E-state index contributed by atoms with van der Waals surface area (Å²) in [5.41, 5.74) is 0. The van der Waals surface area contributed by atoms with Crippen LogP contribution in [0, 0.1) is 0 Å². The van der Waals surface area contributed by atoms with Gasteiger partial charge in [0.1, 0.15) is 12.2 Å². The van der Waals surface area contributed by atoms with Crippen molar-refractivity contribution in [1.29, 1.82) is 0 Å². The second kappa shape index (κ2) is 3.11. The monoisotopic (exact) mass is 239 g/mol. The van der Waals surface area contributed by atoms with Crippen LogP contribution in [0.4, 0.5) is 0 Å². The second-order valence-electron chi connectivity index (χ2n) is 1.52. The Kier molecular flexibility index (Phi) is 2.40. The van der Waals surface area contributed by atoms with Crippen molar-refractivity contribution in [1.82, 2.24) is 15.2 Å². The zero-order chi connectivity index (χ0) is 6.69. The lowest BCUT2D eigenvalue weighted by atomic mass is 10.4. The average molecular weight is 239 g/mol. The number of hydrogen-bond donors (Lipinski definition) is 2. The molecule has 0 saturated carbocycles. The van der Waals surface area contributed by atoms with Crippen molar-refractivity contribution in [3.8, 4) is 0 Å². The van der Waals surface area contributed by atoms with Gasteiger partial charge in [-0.1, -0.05) is 22.6 Å². The molecule has 1 heterocycles. The first-order chi connectivity index (χ1) is 4.34. The van der Waals surface area contributed by atoms with Crippen molar-refractivity contribution in [3.63, 3.8) is 0 Å². The zero-order valence-electron chi connectivity index (χ0n) is 4.58. The van der Waals surface area contributed by atoms with Gasteiger partial charge in [0.15, 0.2) is 0 Å². The number of aromatic nitrogens is 3. The number of aromatic amines is 1. The highest BCUT2D eigenvalue weighted by Crippen LogP contribution is 2.16. The smallest absolute Gasteiger partial charge is 0.145 e. The molecule has 1 atom stereocenters. The van der Waals surface area contributed by atoms with Gasteiger partial charge in [0.25, 0.3) is 0 Å². The zero-order valence-corrected chi connectivity index (χ0v) is 6.74. The Morgan fingerprint density at radius 3 is 3.11 bits per heavy atom. The second-order valence-corrected chi connectivity index (χ2v) is 3.03. The number of aliphatic hydroxyl groups is 1. The Bertz CT molecular complexity index is 164. The lowest BCUT2D eigenvalue weighted by Crippen LogP contribution is -1.96. The van der Waals surface area contributed by atoms with E-state index in [0.717, 1.165) is 5.82 Å². The molecule has 5 heteroatoms. The maximum absolute atomic E-state index is 8.61. The van der Waals surface area contributed by atoms with Crippen molar-refractivity contribution < 1.29 is 5.11 Å². The summed E-state index contributed by atoms with van der Waals surface area (Å²) in [7, 11) is 0. The summed E-state index contributed by atoms with van der Waals surface area (Å²) in [6.45, 7) is 0.0930. The molecule has 1 aromatic heterocycles. The van der Waals surface area contributed by atoms with Crippen molar-refractivity contribution in [2.24, 2.45) is 0 Å². The SMILES string of the molecule is OC[C@H](I)c1nnc[nH]1. The molecule has 0 fully saturated rings. The van der Waals surface area contributed by atoms with Gasteiger partial charge in [0.2, 0.25) is 0 Å². The molecule has 50 valence electrons. The fourth-order valence-corrected chi connectivity index (χ4v) is 0.759. The number of aliphatic hydroxyl groups excluding tert-OH is 1. The Morgan fingerprint density at radius 1 is 1.89 bits per heavy atom. The molecule has 1 rings (SSSR count). The van der Waals surface area contributed by atoms with Gasteiger partial charge < -0.3 is 10.1 Å². The molecule has 0 aromatic carbocycles. The van der Waals surface area contributed by atoms with Crippen LogP contribution in [-0.4, -0.2) is 26.9 Å². The minimum absolute atomic E-state index is 0.0325. The molecule has 9 heavy (non-hydrogen) atoms. The molecule has 0 unspecified atom stereocenters. The molecule has 0 aliphatic heterocycles. The van der Waals surface area contributed by atoms with Crippen molar-refractivity contribution in [2.75, 3.05) is 6.61 Å². The first-order valence-corrected chi connectivity index (χ1v) is 3.70. The summed E-state index contributed by atoms with van der Waals surface area (Å²) in [4.78, 5) is 2.80. The number of nitrogens with zero attached hydrogens (tertiary/aromatic N) is 2. The molecule has 0 amide bonds. The third-order valence-corrected chi connectivity index (χ3v) is 1.88. The van der Waals surface area contributed by atoms with E-state index in [1.165, 1.54) is 6.33 Å². The highest BCUT2D eigenvalue weighted by atomic mass is 127. The summed E-state index contributed by atoms with van der Waals surface area (Å²) in [5.74, 6) is 0.720. The van der Waals surface area contributed by atoms with Crippen LogP contribution >= 0.6 is 22.6 Å². The van der Waals surface area contributed by atoms with Crippen LogP contribution in [0.15, 0.2) is 6.33 Å². The fraction of sp³-hybridized carbons (Fsp3) is 0.500. The van der Waals surface area contributed by atoms with Crippen molar-refractivity contribution >= 4 is 22.6 Å². The van der Waals surface area contributed by atoms with Crippen LogP contribution in [0.5, 0.6) is 0 Å². The highest BCUT2D eigenvalue weighted by Gasteiger charge is 2.06. The molecule has 0 radical (unpaired) electrons. The lowest BCUT2D eigenvalue weighted by molar-refractivity contribution is 0.298. The molecular weight excluding hydrogens is 233 g/mol. The third-order valence-electron chi connectivity index (χ3n) is 0.893. The predicted octanol–water partition coefficient (Wildman–Crippen LogP) is 0.273. The Balaban J connectivity index is 2.65. The van der Waals surface area contributed by atoms with Gasteiger partial charge in [-0.05, 0) is 0 Å². The topological polar surface area (TPSA) is 61.8 Å². The van der Waals surface area contributed by atoms with E-state index in [1.54, 1.807) is 0 Å². The summed E-state index contributed by atoms with van der Waals surface area (Å²) in [5, 5.41) is 15.9. The summed E-state index contributed by atoms with van der Waals surface area (Å²) < 4.78 is 0.0325. The van der Waals surface area contributed by atoms with Crippen LogP contribution in [0.1, 0.15) is 9.75 Å². The lowest BCUT2D eigenvalue weighted by Gasteiger charge is -1.97. The summed E-state index contributed by atoms with van der Waals surface area (Å²) in [6, 6.07) is 0. The van der Waals surface area contributed by atoms with Gasteiger partial charge in [0, 0.05) is 0 Å². The average Bonchev–Trinajstić information content (AvgIpc) is 2.37. The van der Waals surface area contributed by atoms with Gasteiger partial charge in [-0.3, -0.25) is 0 Å². The summed E-state index contributed by atoms with van der Waals surface area (Å²) >= 11 is 2.08. The van der Waals surface area contributed by atoms with Crippen molar-refractivity contribution in [2.45, 2.75) is 3.92 Å². The maximum Gasteiger partial charge on any atom is 0.145 e. The van der Waals surface area contributed by atoms with Gasteiger partial charge in [0.05, 0.1) is 10.5 Å². The quantitative estimate of drug-likeness (QED) is 0.575. The maximum atomic E-state index is 8.61. The number of H-pyrrole nitrogens is 1. The normalized spacial score (nSPS) is 13.6. The standard InChI is InChI=1S/C4H6IN3O/c5-3(1-9)4-6-2-7-8-4/h2-3,9H,1H2,(H,6,7,8)/t3-/m0/s1.